The highest BCUT2D eigenvalue weighted by Gasteiger charge is 2.43. The molecular weight excluding hydrogens is 302 g/mol. The molecule has 1 N–H and O–H groups in total. The Morgan fingerprint density at radius 2 is 1.96 bits per heavy atom. The van der Waals surface area contributed by atoms with E-state index in [2.05, 4.69) is 39.6 Å². The first-order valence-electron chi connectivity index (χ1n) is 8.10. The molecule has 24 heavy (non-hydrogen) atoms. The van der Waals surface area contributed by atoms with E-state index in [4.69, 9.17) is 9.40 Å². The molecule has 1 aliphatic carbocycles. The van der Waals surface area contributed by atoms with Crippen LogP contribution in [0.4, 0.5) is 5.82 Å². The van der Waals surface area contributed by atoms with E-state index in [0.717, 1.165) is 34.7 Å². The monoisotopic (exact) mass is 319 g/mol. The summed E-state index contributed by atoms with van der Waals surface area (Å²) in [6.07, 6.45) is 2.86. The molecule has 3 heterocycles. The molecular formula is C18H17N5O. The first kappa shape index (κ1) is 13.5. The minimum Gasteiger partial charge on any atom is -0.422 e. The summed E-state index contributed by atoms with van der Waals surface area (Å²) in [5.41, 5.74) is 4.49. The average Bonchev–Trinajstić information content (AvgIpc) is 3.16. The second-order valence-corrected chi connectivity index (χ2v) is 6.33. The molecule has 3 aromatic heterocycles. The Bertz CT molecular complexity index is 1050. The van der Waals surface area contributed by atoms with Crippen molar-refractivity contribution in [2.24, 2.45) is 7.05 Å². The van der Waals surface area contributed by atoms with Gasteiger partial charge in [0, 0.05) is 20.0 Å². The second kappa shape index (κ2) is 4.80. The number of hydrogen-bond acceptors (Lipinski definition) is 5. The summed E-state index contributed by atoms with van der Waals surface area (Å²) in [5.74, 6) is 2.33. The van der Waals surface area contributed by atoms with Crippen LogP contribution in [0.1, 0.15) is 29.7 Å². The molecule has 0 spiro atoms. The molecule has 0 bridgehead atoms. The highest BCUT2D eigenvalue weighted by atomic mass is 16.4. The van der Waals surface area contributed by atoms with Gasteiger partial charge in [-0.3, -0.25) is 0 Å². The molecule has 6 nitrogen and oxygen atoms in total. The SMILES string of the molecule is CNc1nc2oc(C3CC3c3ccccc3)nc2c2c1ncn2C. The van der Waals surface area contributed by atoms with Gasteiger partial charge >= 0.3 is 0 Å². The number of anilines is 1. The van der Waals surface area contributed by atoms with E-state index >= 15 is 0 Å². The number of hydrogen-bond donors (Lipinski definition) is 1. The predicted octanol–water partition coefficient (Wildman–Crippen LogP) is 3.42. The van der Waals surface area contributed by atoms with Crippen molar-refractivity contribution < 1.29 is 4.42 Å². The topological polar surface area (TPSA) is 68.8 Å². The van der Waals surface area contributed by atoms with Crippen LogP contribution in [0.15, 0.2) is 41.1 Å². The van der Waals surface area contributed by atoms with Gasteiger partial charge in [-0.1, -0.05) is 30.3 Å². The van der Waals surface area contributed by atoms with Gasteiger partial charge in [-0.05, 0) is 17.9 Å². The summed E-state index contributed by atoms with van der Waals surface area (Å²) < 4.78 is 7.98. The zero-order valence-corrected chi connectivity index (χ0v) is 13.5. The van der Waals surface area contributed by atoms with E-state index in [0.29, 0.717) is 17.5 Å². The molecule has 0 aliphatic heterocycles. The predicted molar refractivity (Wildman–Crippen MR) is 92.2 cm³/mol. The Labute approximate surface area is 138 Å². The Kier molecular flexibility index (Phi) is 2.71. The van der Waals surface area contributed by atoms with E-state index in [1.165, 1.54) is 5.56 Å². The maximum Gasteiger partial charge on any atom is 0.251 e. The second-order valence-electron chi connectivity index (χ2n) is 6.33. The van der Waals surface area contributed by atoms with Crippen LogP contribution in [-0.2, 0) is 7.05 Å². The Morgan fingerprint density at radius 3 is 2.75 bits per heavy atom. The molecule has 0 radical (unpaired) electrons. The lowest BCUT2D eigenvalue weighted by Gasteiger charge is -2.00. The number of rotatable bonds is 3. The standard InChI is InChI=1S/C18H17N5O/c1-19-16-13-15(23(2)9-20-13)14-18(22-16)24-17(21-14)12-8-11(12)10-6-4-3-5-7-10/h3-7,9,11-12H,8H2,1-2H3,(H,19,22). The molecule has 6 heteroatoms. The zero-order chi connectivity index (χ0) is 16.3. The third-order valence-electron chi connectivity index (χ3n) is 4.80. The summed E-state index contributed by atoms with van der Waals surface area (Å²) in [6.45, 7) is 0. The summed E-state index contributed by atoms with van der Waals surface area (Å²) in [5, 5.41) is 3.09. The van der Waals surface area contributed by atoms with E-state index in [-0.39, 0.29) is 0 Å². The van der Waals surface area contributed by atoms with Gasteiger partial charge < -0.3 is 14.3 Å². The largest absolute Gasteiger partial charge is 0.422 e. The van der Waals surface area contributed by atoms with Gasteiger partial charge in [0.2, 0.25) is 5.89 Å². The summed E-state index contributed by atoms with van der Waals surface area (Å²) in [7, 11) is 3.80. The van der Waals surface area contributed by atoms with Gasteiger partial charge in [-0.2, -0.15) is 4.98 Å². The van der Waals surface area contributed by atoms with Crippen LogP contribution in [0.3, 0.4) is 0 Å². The number of aromatic nitrogens is 4. The van der Waals surface area contributed by atoms with Crippen molar-refractivity contribution in [1.29, 1.82) is 0 Å². The van der Waals surface area contributed by atoms with Gasteiger partial charge in [0.05, 0.1) is 6.33 Å². The molecule has 0 saturated heterocycles. The van der Waals surface area contributed by atoms with Crippen LogP contribution in [0, 0.1) is 0 Å². The molecule has 5 rings (SSSR count). The van der Waals surface area contributed by atoms with Crippen molar-refractivity contribution in [2.45, 2.75) is 18.3 Å². The third-order valence-corrected chi connectivity index (χ3v) is 4.80. The van der Waals surface area contributed by atoms with Crippen molar-refractivity contribution >= 4 is 28.1 Å². The van der Waals surface area contributed by atoms with Crippen LogP contribution < -0.4 is 5.32 Å². The molecule has 1 fully saturated rings. The smallest absolute Gasteiger partial charge is 0.251 e. The highest BCUT2D eigenvalue weighted by molar-refractivity contribution is 6.03. The fourth-order valence-electron chi connectivity index (χ4n) is 3.46. The number of oxazole rings is 1. The normalized spacial score (nSPS) is 19.9. The fourth-order valence-corrected chi connectivity index (χ4v) is 3.46. The quantitative estimate of drug-likeness (QED) is 0.626. The summed E-state index contributed by atoms with van der Waals surface area (Å²) in [4.78, 5) is 13.7. The number of fused-ring (bicyclic) bond motifs is 3. The summed E-state index contributed by atoms with van der Waals surface area (Å²) >= 11 is 0. The van der Waals surface area contributed by atoms with E-state index in [1.807, 2.05) is 24.7 Å². The molecule has 0 amide bonds. The van der Waals surface area contributed by atoms with E-state index in [1.54, 1.807) is 6.33 Å². The number of imidazole rings is 1. The maximum atomic E-state index is 6.02. The molecule has 1 aromatic carbocycles. The molecule has 1 aliphatic rings. The van der Waals surface area contributed by atoms with Crippen molar-refractivity contribution in [3.8, 4) is 0 Å². The van der Waals surface area contributed by atoms with Crippen molar-refractivity contribution in [1.82, 2.24) is 19.5 Å². The van der Waals surface area contributed by atoms with Crippen molar-refractivity contribution in [3.63, 3.8) is 0 Å². The Hall–Kier alpha value is -2.89. The number of benzene rings is 1. The molecule has 120 valence electrons. The minimum atomic E-state index is 0.336. The van der Waals surface area contributed by atoms with Crippen LogP contribution in [0.5, 0.6) is 0 Å². The van der Waals surface area contributed by atoms with Crippen LogP contribution in [-0.4, -0.2) is 26.6 Å². The summed E-state index contributed by atoms with van der Waals surface area (Å²) in [6, 6.07) is 10.5. The fraction of sp³-hybridized carbons (Fsp3) is 0.278. The Morgan fingerprint density at radius 1 is 1.12 bits per heavy atom. The number of pyridine rings is 1. The molecule has 4 aromatic rings. The van der Waals surface area contributed by atoms with Crippen molar-refractivity contribution in [3.05, 3.63) is 48.1 Å². The number of nitrogens with one attached hydrogen (secondary N) is 1. The van der Waals surface area contributed by atoms with Gasteiger partial charge in [-0.15, -0.1) is 0 Å². The van der Waals surface area contributed by atoms with E-state index < -0.39 is 0 Å². The zero-order valence-electron chi connectivity index (χ0n) is 13.5. The lowest BCUT2D eigenvalue weighted by Crippen LogP contribution is -1.95. The van der Waals surface area contributed by atoms with Gasteiger partial charge in [0.1, 0.15) is 11.0 Å². The number of aryl methyl sites for hydroxylation is 1. The van der Waals surface area contributed by atoms with Crippen molar-refractivity contribution in [2.75, 3.05) is 12.4 Å². The van der Waals surface area contributed by atoms with Gasteiger partial charge in [0.15, 0.2) is 11.3 Å². The lowest BCUT2D eigenvalue weighted by molar-refractivity contribution is 0.522. The first-order chi connectivity index (χ1) is 11.8. The lowest BCUT2D eigenvalue weighted by atomic mass is 10.1. The minimum absolute atomic E-state index is 0.336. The molecule has 2 atom stereocenters. The third kappa shape index (κ3) is 1.86. The Balaban J connectivity index is 1.62. The van der Waals surface area contributed by atoms with Gasteiger partial charge in [0.25, 0.3) is 5.71 Å². The van der Waals surface area contributed by atoms with E-state index in [9.17, 15) is 0 Å². The number of nitrogens with zero attached hydrogens (tertiary/aromatic N) is 4. The van der Waals surface area contributed by atoms with Crippen LogP contribution >= 0.6 is 0 Å². The molecule has 2 unspecified atom stereocenters. The van der Waals surface area contributed by atoms with Gasteiger partial charge in [-0.25, -0.2) is 9.97 Å². The highest BCUT2D eigenvalue weighted by Crippen LogP contribution is 2.54. The maximum absolute atomic E-state index is 6.02. The molecule has 1 saturated carbocycles. The first-order valence-corrected chi connectivity index (χ1v) is 8.10. The average molecular weight is 319 g/mol. The van der Waals surface area contributed by atoms with Crippen LogP contribution in [0.2, 0.25) is 0 Å². The van der Waals surface area contributed by atoms with Crippen LogP contribution in [0.25, 0.3) is 22.3 Å².